The van der Waals surface area contributed by atoms with Gasteiger partial charge in [0.2, 0.25) is 0 Å². The molecule has 0 saturated heterocycles. The number of nitrogens with zero attached hydrogens (tertiary/aromatic N) is 2. The molecule has 1 aliphatic carbocycles. The molecule has 0 unspecified atom stereocenters. The zero-order valence-electron chi connectivity index (χ0n) is 12.0. The van der Waals surface area contributed by atoms with Gasteiger partial charge in [-0.3, -0.25) is 0 Å². The lowest BCUT2D eigenvalue weighted by Crippen LogP contribution is -2.33. The van der Waals surface area contributed by atoms with E-state index >= 15 is 0 Å². The molecule has 0 aliphatic heterocycles. The normalized spacial score (nSPS) is 17.2. The summed E-state index contributed by atoms with van der Waals surface area (Å²) in [7, 11) is 4.18. The first-order valence-electron chi connectivity index (χ1n) is 7.24. The second-order valence-corrected chi connectivity index (χ2v) is 6.34. The molecule has 0 atom stereocenters. The fourth-order valence-electron chi connectivity index (χ4n) is 2.93. The highest BCUT2D eigenvalue weighted by Gasteiger charge is 2.20. The average Bonchev–Trinajstić information content (AvgIpc) is 2.67. The van der Waals surface area contributed by atoms with Crippen molar-refractivity contribution in [2.24, 2.45) is 0 Å². The summed E-state index contributed by atoms with van der Waals surface area (Å²) in [6.45, 7) is 0.860. The number of pyridine rings is 1. The van der Waals surface area contributed by atoms with E-state index in [1.807, 2.05) is 13.2 Å². The molecule has 0 amide bonds. The molecule has 3 nitrogen and oxygen atoms in total. The number of aromatic nitrogens is 1. The molecule has 19 heavy (non-hydrogen) atoms. The van der Waals surface area contributed by atoms with Gasteiger partial charge in [0, 0.05) is 35.9 Å². The second kappa shape index (κ2) is 7.25. The van der Waals surface area contributed by atoms with Gasteiger partial charge in [-0.15, -0.1) is 0 Å². The van der Waals surface area contributed by atoms with E-state index in [1.54, 1.807) is 0 Å². The summed E-state index contributed by atoms with van der Waals surface area (Å²) < 4.78 is 1.05. The largest absolute Gasteiger partial charge is 0.356 e. The van der Waals surface area contributed by atoms with Crippen LogP contribution in [-0.4, -0.2) is 25.1 Å². The predicted molar refractivity (Wildman–Crippen MR) is 84.6 cm³/mol. The van der Waals surface area contributed by atoms with Crippen LogP contribution in [0.15, 0.2) is 16.7 Å². The molecule has 0 bridgehead atoms. The average molecular weight is 326 g/mol. The van der Waals surface area contributed by atoms with Crippen LogP contribution >= 0.6 is 15.9 Å². The van der Waals surface area contributed by atoms with Gasteiger partial charge < -0.3 is 10.2 Å². The standard InChI is InChI=1S/C15H24BrN3/c1-17-10-12-9-13(16)11-18-15(12)19(2)14-7-5-3-4-6-8-14/h9,11,14,17H,3-8,10H2,1-2H3. The van der Waals surface area contributed by atoms with Gasteiger partial charge in [0.05, 0.1) is 0 Å². The van der Waals surface area contributed by atoms with E-state index < -0.39 is 0 Å². The smallest absolute Gasteiger partial charge is 0.133 e. The first-order chi connectivity index (χ1) is 9.22. The lowest BCUT2D eigenvalue weighted by Gasteiger charge is -2.30. The molecule has 1 aliphatic rings. The Bertz CT molecular complexity index is 400. The Morgan fingerprint density at radius 1 is 1.32 bits per heavy atom. The first kappa shape index (κ1) is 14.8. The number of hydrogen-bond donors (Lipinski definition) is 1. The Hall–Kier alpha value is -0.610. The lowest BCUT2D eigenvalue weighted by atomic mass is 10.1. The number of hydrogen-bond acceptors (Lipinski definition) is 3. The van der Waals surface area contributed by atoms with E-state index in [9.17, 15) is 0 Å². The summed E-state index contributed by atoms with van der Waals surface area (Å²) >= 11 is 3.52. The monoisotopic (exact) mass is 325 g/mol. The van der Waals surface area contributed by atoms with Gasteiger partial charge in [-0.2, -0.15) is 0 Å². The maximum Gasteiger partial charge on any atom is 0.133 e. The highest BCUT2D eigenvalue weighted by molar-refractivity contribution is 9.10. The molecule has 1 N–H and O–H groups in total. The number of rotatable bonds is 4. The zero-order valence-corrected chi connectivity index (χ0v) is 13.5. The quantitative estimate of drug-likeness (QED) is 0.855. The molecule has 0 radical (unpaired) electrons. The van der Waals surface area contributed by atoms with Gasteiger partial charge in [-0.1, -0.05) is 25.7 Å². The summed E-state index contributed by atoms with van der Waals surface area (Å²) in [5.74, 6) is 1.13. The number of anilines is 1. The van der Waals surface area contributed by atoms with Crippen LogP contribution in [0.1, 0.15) is 44.1 Å². The van der Waals surface area contributed by atoms with E-state index in [4.69, 9.17) is 0 Å². The fraction of sp³-hybridized carbons (Fsp3) is 0.667. The molecule has 0 spiro atoms. The SMILES string of the molecule is CNCc1cc(Br)cnc1N(C)C1CCCCCC1. The molecule has 1 saturated carbocycles. The Morgan fingerprint density at radius 2 is 2.00 bits per heavy atom. The number of halogens is 1. The summed E-state index contributed by atoms with van der Waals surface area (Å²) in [4.78, 5) is 7.03. The highest BCUT2D eigenvalue weighted by atomic mass is 79.9. The Kier molecular flexibility index (Phi) is 5.64. The molecule has 2 rings (SSSR count). The van der Waals surface area contributed by atoms with Crippen molar-refractivity contribution in [2.75, 3.05) is 19.0 Å². The molecule has 1 aromatic rings. The highest BCUT2D eigenvalue weighted by Crippen LogP contribution is 2.27. The van der Waals surface area contributed by atoms with Crippen molar-refractivity contribution in [1.29, 1.82) is 0 Å². The van der Waals surface area contributed by atoms with Crippen LogP contribution in [0.2, 0.25) is 0 Å². The Labute approximate surface area is 124 Å². The summed E-state index contributed by atoms with van der Waals surface area (Å²) in [5.41, 5.74) is 1.27. The zero-order chi connectivity index (χ0) is 13.7. The summed E-state index contributed by atoms with van der Waals surface area (Å²) in [6, 6.07) is 2.82. The lowest BCUT2D eigenvalue weighted by molar-refractivity contribution is 0.547. The minimum Gasteiger partial charge on any atom is -0.356 e. The van der Waals surface area contributed by atoms with E-state index in [-0.39, 0.29) is 0 Å². The van der Waals surface area contributed by atoms with Crippen LogP contribution in [0.5, 0.6) is 0 Å². The van der Waals surface area contributed by atoms with Gasteiger partial charge in [0.1, 0.15) is 5.82 Å². The van der Waals surface area contributed by atoms with E-state index in [1.165, 1.54) is 44.1 Å². The van der Waals surface area contributed by atoms with Crippen LogP contribution in [-0.2, 0) is 6.54 Å². The molecule has 0 aromatic carbocycles. The molecule has 1 aromatic heterocycles. The van der Waals surface area contributed by atoms with E-state index in [0.29, 0.717) is 6.04 Å². The Morgan fingerprint density at radius 3 is 2.63 bits per heavy atom. The van der Waals surface area contributed by atoms with Crippen LogP contribution < -0.4 is 10.2 Å². The third-order valence-electron chi connectivity index (χ3n) is 3.98. The fourth-order valence-corrected chi connectivity index (χ4v) is 3.31. The maximum absolute atomic E-state index is 4.64. The van der Waals surface area contributed by atoms with Crippen LogP contribution in [0.3, 0.4) is 0 Å². The molecule has 1 heterocycles. The van der Waals surface area contributed by atoms with Crippen molar-refractivity contribution in [3.05, 3.63) is 22.3 Å². The van der Waals surface area contributed by atoms with Crippen molar-refractivity contribution in [3.63, 3.8) is 0 Å². The van der Waals surface area contributed by atoms with Crippen molar-refractivity contribution in [3.8, 4) is 0 Å². The minimum absolute atomic E-state index is 0.645. The van der Waals surface area contributed by atoms with Crippen LogP contribution in [0, 0.1) is 0 Å². The van der Waals surface area contributed by atoms with Crippen LogP contribution in [0.4, 0.5) is 5.82 Å². The molecule has 4 heteroatoms. The van der Waals surface area contributed by atoms with Gasteiger partial charge in [-0.25, -0.2) is 4.98 Å². The predicted octanol–water partition coefficient (Wildman–Crippen LogP) is 3.72. The van der Waals surface area contributed by atoms with E-state index in [0.717, 1.165) is 16.8 Å². The van der Waals surface area contributed by atoms with E-state index in [2.05, 4.69) is 44.2 Å². The first-order valence-corrected chi connectivity index (χ1v) is 8.03. The molecule has 106 valence electrons. The van der Waals surface area contributed by atoms with Crippen molar-refractivity contribution < 1.29 is 0 Å². The third-order valence-corrected chi connectivity index (χ3v) is 4.42. The van der Waals surface area contributed by atoms with Crippen LogP contribution in [0.25, 0.3) is 0 Å². The number of nitrogens with one attached hydrogen (secondary N) is 1. The van der Waals surface area contributed by atoms with Crippen molar-refractivity contribution in [2.45, 2.75) is 51.1 Å². The second-order valence-electron chi connectivity index (χ2n) is 5.42. The van der Waals surface area contributed by atoms with Gasteiger partial charge in [-0.05, 0) is 41.9 Å². The van der Waals surface area contributed by atoms with Crippen molar-refractivity contribution >= 4 is 21.7 Å². The topological polar surface area (TPSA) is 28.2 Å². The third kappa shape index (κ3) is 3.93. The maximum atomic E-state index is 4.64. The molecular formula is C15H24BrN3. The molecular weight excluding hydrogens is 302 g/mol. The minimum atomic E-state index is 0.645. The van der Waals surface area contributed by atoms with Gasteiger partial charge >= 0.3 is 0 Å². The van der Waals surface area contributed by atoms with Crippen molar-refractivity contribution in [1.82, 2.24) is 10.3 Å². The summed E-state index contributed by atoms with van der Waals surface area (Å²) in [5, 5.41) is 3.23. The molecule has 1 fully saturated rings. The Balaban J connectivity index is 2.18. The van der Waals surface area contributed by atoms with Gasteiger partial charge in [0.15, 0.2) is 0 Å². The van der Waals surface area contributed by atoms with Gasteiger partial charge in [0.25, 0.3) is 0 Å². The summed E-state index contributed by atoms with van der Waals surface area (Å²) in [6.07, 6.45) is 9.99.